The molecule has 1 heterocycles. The largest absolute Gasteiger partial charge is 0.416 e. The number of benzene rings is 1. The fourth-order valence-corrected chi connectivity index (χ4v) is 2.10. The fourth-order valence-electron chi connectivity index (χ4n) is 1.93. The number of carbonyl (C=O) groups excluding carboxylic acids is 1. The summed E-state index contributed by atoms with van der Waals surface area (Å²) in [5.41, 5.74) is -0.217. The minimum atomic E-state index is -4.52. The molecule has 0 aliphatic rings. The van der Waals surface area contributed by atoms with Crippen LogP contribution in [0.15, 0.2) is 36.5 Å². The molecule has 24 heavy (non-hydrogen) atoms. The summed E-state index contributed by atoms with van der Waals surface area (Å²) in [4.78, 5) is 16.1. The van der Waals surface area contributed by atoms with E-state index in [-0.39, 0.29) is 22.4 Å². The maximum atomic E-state index is 12.7. The smallest absolute Gasteiger partial charge is 0.382 e. The second-order valence-electron chi connectivity index (χ2n) is 5.38. The van der Waals surface area contributed by atoms with E-state index in [0.29, 0.717) is 0 Å². The van der Waals surface area contributed by atoms with Crippen LogP contribution >= 0.6 is 11.6 Å². The highest BCUT2D eigenvalue weighted by Crippen LogP contribution is 2.33. The molecule has 0 saturated carbocycles. The summed E-state index contributed by atoms with van der Waals surface area (Å²) in [6.45, 7) is 3.91. The molecule has 0 unspecified atom stereocenters. The third-order valence-corrected chi connectivity index (χ3v) is 3.32. The Labute approximate surface area is 142 Å². The monoisotopic (exact) mass is 357 g/mol. The molecular formula is C16H15ClF3N3O. The van der Waals surface area contributed by atoms with Crippen LogP contribution in [0.3, 0.4) is 0 Å². The predicted octanol–water partition coefficient (Wildman–Crippen LogP) is 4.83. The number of aromatic nitrogens is 1. The third kappa shape index (κ3) is 4.61. The number of carbonyl (C=O) groups is 1. The Morgan fingerprint density at radius 2 is 1.92 bits per heavy atom. The van der Waals surface area contributed by atoms with Crippen molar-refractivity contribution >= 4 is 28.9 Å². The molecule has 0 radical (unpaired) electrons. The van der Waals surface area contributed by atoms with Gasteiger partial charge in [0, 0.05) is 6.04 Å². The third-order valence-electron chi connectivity index (χ3n) is 2.99. The summed E-state index contributed by atoms with van der Waals surface area (Å²) in [7, 11) is 0. The van der Waals surface area contributed by atoms with Crippen LogP contribution in [0.25, 0.3) is 0 Å². The van der Waals surface area contributed by atoms with Gasteiger partial charge in [-0.1, -0.05) is 11.6 Å². The molecule has 2 aromatic rings. The van der Waals surface area contributed by atoms with Crippen LogP contribution in [0.2, 0.25) is 5.02 Å². The second kappa shape index (κ2) is 7.09. The molecule has 128 valence electrons. The maximum absolute atomic E-state index is 12.7. The Hall–Kier alpha value is -2.28. The van der Waals surface area contributed by atoms with E-state index in [9.17, 15) is 18.0 Å². The average Bonchev–Trinajstić information content (AvgIpc) is 2.48. The molecule has 0 atom stereocenters. The Balaban J connectivity index is 2.17. The number of hydrogen-bond donors (Lipinski definition) is 2. The van der Waals surface area contributed by atoms with Gasteiger partial charge in [0.2, 0.25) is 0 Å². The van der Waals surface area contributed by atoms with E-state index in [2.05, 4.69) is 15.6 Å². The highest BCUT2D eigenvalue weighted by molar-refractivity contribution is 6.33. The lowest BCUT2D eigenvalue weighted by Crippen LogP contribution is -2.16. The van der Waals surface area contributed by atoms with Gasteiger partial charge in [0.1, 0.15) is 5.69 Å². The summed E-state index contributed by atoms with van der Waals surface area (Å²) in [6, 6.07) is 6.06. The van der Waals surface area contributed by atoms with Crippen molar-refractivity contribution in [1.29, 1.82) is 0 Å². The van der Waals surface area contributed by atoms with Crippen molar-refractivity contribution in [2.24, 2.45) is 0 Å². The lowest BCUT2D eigenvalue weighted by Gasteiger charge is -2.12. The number of rotatable bonds is 4. The lowest BCUT2D eigenvalue weighted by atomic mass is 10.2. The number of nitrogens with zero attached hydrogens (tertiary/aromatic N) is 1. The SMILES string of the molecule is CC(C)Nc1ccc(C(=O)Nc2cc(C(F)(F)F)ccc2Cl)nc1. The van der Waals surface area contributed by atoms with Crippen LogP contribution in [-0.2, 0) is 6.18 Å². The molecule has 2 rings (SSSR count). The van der Waals surface area contributed by atoms with Crippen molar-refractivity contribution in [2.75, 3.05) is 10.6 Å². The summed E-state index contributed by atoms with van der Waals surface area (Å²) < 4.78 is 38.2. The van der Waals surface area contributed by atoms with E-state index in [0.717, 1.165) is 23.9 Å². The molecule has 4 nitrogen and oxygen atoms in total. The molecule has 0 aliphatic carbocycles. The van der Waals surface area contributed by atoms with E-state index < -0.39 is 17.6 Å². The van der Waals surface area contributed by atoms with Gasteiger partial charge in [-0.05, 0) is 44.2 Å². The van der Waals surface area contributed by atoms with E-state index in [1.165, 1.54) is 12.3 Å². The standard InChI is InChI=1S/C16H15ClF3N3O/c1-9(2)22-11-4-6-13(21-8-11)15(24)23-14-7-10(16(18,19)20)3-5-12(14)17/h3-9,22H,1-2H3,(H,23,24). The molecule has 0 bridgehead atoms. The first kappa shape index (κ1) is 18.1. The number of amides is 1. The molecule has 0 fully saturated rings. The quantitative estimate of drug-likeness (QED) is 0.824. The summed E-state index contributed by atoms with van der Waals surface area (Å²) in [5, 5.41) is 5.47. The normalized spacial score (nSPS) is 11.5. The van der Waals surface area contributed by atoms with Crippen LogP contribution < -0.4 is 10.6 Å². The zero-order valence-corrected chi connectivity index (χ0v) is 13.7. The van der Waals surface area contributed by atoms with Gasteiger partial charge >= 0.3 is 6.18 Å². The average molecular weight is 358 g/mol. The molecule has 1 aromatic heterocycles. The maximum Gasteiger partial charge on any atom is 0.416 e. The van der Waals surface area contributed by atoms with Crippen LogP contribution in [0.5, 0.6) is 0 Å². The first-order valence-electron chi connectivity index (χ1n) is 7.07. The molecule has 0 aliphatic heterocycles. The summed E-state index contributed by atoms with van der Waals surface area (Å²) in [5.74, 6) is -0.646. The first-order chi connectivity index (χ1) is 11.2. The summed E-state index contributed by atoms with van der Waals surface area (Å²) >= 11 is 5.85. The number of anilines is 2. The topological polar surface area (TPSA) is 54.0 Å². The van der Waals surface area contributed by atoms with Crippen LogP contribution in [0.4, 0.5) is 24.5 Å². The van der Waals surface area contributed by atoms with Gasteiger partial charge in [-0.3, -0.25) is 4.79 Å². The molecule has 1 amide bonds. The summed E-state index contributed by atoms with van der Waals surface area (Å²) in [6.07, 6.45) is -3.05. The van der Waals surface area contributed by atoms with Gasteiger partial charge in [-0.25, -0.2) is 4.98 Å². The Kier molecular flexibility index (Phi) is 5.33. The Bertz CT molecular complexity index is 730. The van der Waals surface area contributed by atoms with E-state index in [4.69, 9.17) is 11.6 Å². The van der Waals surface area contributed by atoms with E-state index in [1.54, 1.807) is 6.07 Å². The van der Waals surface area contributed by atoms with E-state index in [1.807, 2.05) is 13.8 Å². The van der Waals surface area contributed by atoms with Crippen molar-refractivity contribution in [3.63, 3.8) is 0 Å². The Morgan fingerprint density at radius 1 is 1.21 bits per heavy atom. The van der Waals surface area contributed by atoms with Crippen molar-refractivity contribution in [3.05, 3.63) is 52.8 Å². The molecule has 1 aromatic carbocycles. The zero-order chi connectivity index (χ0) is 17.9. The number of nitrogens with one attached hydrogen (secondary N) is 2. The van der Waals surface area contributed by atoms with Crippen LogP contribution in [0, 0.1) is 0 Å². The first-order valence-corrected chi connectivity index (χ1v) is 7.45. The van der Waals surface area contributed by atoms with Gasteiger partial charge in [-0.2, -0.15) is 13.2 Å². The fraction of sp³-hybridized carbons (Fsp3) is 0.250. The number of alkyl halides is 3. The molecule has 0 saturated heterocycles. The van der Waals surface area contributed by atoms with E-state index >= 15 is 0 Å². The highest BCUT2D eigenvalue weighted by Gasteiger charge is 2.31. The lowest BCUT2D eigenvalue weighted by molar-refractivity contribution is -0.137. The van der Waals surface area contributed by atoms with Gasteiger partial charge in [0.25, 0.3) is 5.91 Å². The molecule has 8 heteroatoms. The second-order valence-corrected chi connectivity index (χ2v) is 5.78. The van der Waals surface area contributed by atoms with Gasteiger partial charge in [-0.15, -0.1) is 0 Å². The Morgan fingerprint density at radius 3 is 2.46 bits per heavy atom. The minimum absolute atomic E-state index is 0.00874. The van der Waals surface area contributed by atoms with Gasteiger partial charge < -0.3 is 10.6 Å². The minimum Gasteiger partial charge on any atom is -0.382 e. The number of halogens is 4. The molecular weight excluding hydrogens is 343 g/mol. The number of hydrogen-bond acceptors (Lipinski definition) is 3. The van der Waals surface area contributed by atoms with Crippen molar-refractivity contribution in [2.45, 2.75) is 26.1 Å². The van der Waals surface area contributed by atoms with Crippen molar-refractivity contribution in [1.82, 2.24) is 4.98 Å². The molecule has 0 spiro atoms. The van der Waals surface area contributed by atoms with Gasteiger partial charge in [0.15, 0.2) is 0 Å². The van der Waals surface area contributed by atoms with Crippen LogP contribution in [0.1, 0.15) is 29.9 Å². The highest BCUT2D eigenvalue weighted by atomic mass is 35.5. The molecule has 2 N–H and O–H groups in total. The predicted molar refractivity (Wildman–Crippen MR) is 87.4 cm³/mol. The number of pyridine rings is 1. The van der Waals surface area contributed by atoms with Gasteiger partial charge in [0.05, 0.1) is 28.2 Å². The van der Waals surface area contributed by atoms with Crippen molar-refractivity contribution < 1.29 is 18.0 Å². The zero-order valence-electron chi connectivity index (χ0n) is 12.9. The van der Waals surface area contributed by atoms with Crippen molar-refractivity contribution in [3.8, 4) is 0 Å². The van der Waals surface area contributed by atoms with Crippen LogP contribution in [-0.4, -0.2) is 16.9 Å².